The summed E-state index contributed by atoms with van der Waals surface area (Å²) >= 11 is 0. The molecule has 0 bridgehead atoms. The number of carbonyl (C=O) groups excluding carboxylic acids is 2. The predicted octanol–water partition coefficient (Wildman–Crippen LogP) is 0.398. The summed E-state index contributed by atoms with van der Waals surface area (Å²) in [6, 6.07) is -0.470. The minimum absolute atomic E-state index is 0.130. The Balaban J connectivity index is 4.04. The van der Waals surface area contributed by atoms with E-state index in [-0.39, 0.29) is 18.9 Å². The van der Waals surface area contributed by atoms with Gasteiger partial charge in [0.25, 0.3) is 0 Å². The molecule has 2 amide bonds. The molecule has 0 heterocycles. The van der Waals surface area contributed by atoms with Gasteiger partial charge in [-0.3, -0.25) is 4.79 Å². The Morgan fingerprint density at radius 1 is 1.35 bits per heavy atom. The van der Waals surface area contributed by atoms with Crippen LogP contribution >= 0.6 is 0 Å². The van der Waals surface area contributed by atoms with Gasteiger partial charge in [-0.1, -0.05) is 0 Å². The molecule has 0 fully saturated rings. The van der Waals surface area contributed by atoms with Gasteiger partial charge in [-0.25, -0.2) is 4.79 Å². The molecule has 0 aromatic rings. The monoisotopic (exact) mass is 246 g/mol. The van der Waals surface area contributed by atoms with Gasteiger partial charge < -0.3 is 20.5 Å². The van der Waals surface area contributed by atoms with E-state index in [0.29, 0.717) is 6.42 Å². The molecule has 17 heavy (non-hydrogen) atoms. The highest BCUT2D eigenvalue weighted by Crippen LogP contribution is 2.07. The number of nitrogens with one attached hydrogen (secondary N) is 2. The van der Waals surface area contributed by atoms with Crippen molar-refractivity contribution in [1.82, 2.24) is 10.6 Å². The fourth-order valence-electron chi connectivity index (χ4n) is 1.11. The van der Waals surface area contributed by atoms with Crippen molar-refractivity contribution < 1.29 is 19.4 Å². The SMILES string of the molecule is CNC(=O)CCC(CO)NC(=O)OC(C)(C)C. The van der Waals surface area contributed by atoms with Crippen LogP contribution in [0, 0.1) is 0 Å². The van der Waals surface area contributed by atoms with E-state index in [9.17, 15) is 9.59 Å². The lowest BCUT2D eigenvalue weighted by Crippen LogP contribution is -2.41. The average Bonchev–Trinajstić information content (AvgIpc) is 2.20. The van der Waals surface area contributed by atoms with Crippen molar-refractivity contribution >= 4 is 12.0 Å². The number of aliphatic hydroxyl groups excluding tert-OH is 1. The maximum absolute atomic E-state index is 11.4. The number of hydrogen-bond acceptors (Lipinski definition) is 4. The van der Waals surface area contributed by atoms with Crippen molar-refractivity contribution in [3.63, 3.8) is 0 Å². The molecule has 0 aromatic heterocycles. The third-order valence-corrected chi connectivity index (χ3v) is 1.94. The third-order valence-electron chi connectivity index (χ3n) is 1.94. The van der Waals surface area contributed by atoms with Gasteiger partial charge in [0.05, 0.1) is 12.6 Å². The molecule has 0 radical (unpaired) electrons. The highest BCUT2D eigenvalue weighted by atomic mass is 16.6. The molecule has 6 nitrogen and oxygen atoms in total. The van der Waals surface area contributed by atoms with Crippen molar-refractivity contribution in [2.45, 2.75) is 45.3 Å². The zero-order valence-electron chi connectivity index (χ0n) is 10.9. The van der Waals surface area contributed by atoms with Gasteiger partial charge in [0.1, 0.15) is 5.60 Å². The van der Waals surface area contributed by atoms with Gasteiger partial charge in [-0.15, -0.1) is 0 Å². The Labute approximate surface area is 102 Å². The number of rotatable bonds is 5. The number of aliphatic hydroxyl groups is 1. The molecule has 1 atom stereocenters. The van der Waals surface area contributed by atoms with Crippen LogP contribution in [0.15, 0.2) is 0 Å². The molecular formula is C11H22N2O4. The van der Waals surface area contributed by atoms with E-state index in [4.69, 9.17) is 9.84 Å². The van der Waals surface area contributed by atoms with Crippen molar-refractivity contribution in [1.29, 1.82) is 0 Å². The molecule has 3 N–H and O–H groups in total. The van der Waals surface area contributed by atoms with Gasteiger partial charge >= 0.3 is 6.09 Å². The lowest BCUT2D eigenvalue weighted by molar-refractivity contribution is -0.120. The average molecular weight is 246 g/mol. The molecule has 100 valence electrons. The summed E-state index contributed by atoms with van der Waals surface area (Å²) in [6.07, 6.45) is 0.0286. The van der Waals surface area contributed by atoms with Crippen LogP contribution in [0.2, 0.25) is 0 Å². The van der Waals surface area contributed by atoms with E-state index in [1.807, 2.05) is 0 Å². The second-order valence-corrected chi connectivity index (χ2v) is 4.74. The highest BCUT2D eigenvalue weighted by molar-refractivity contribution is 5.75. The second-order valence-electron chi connectivity index (χ2n) is 4.74. The first-order chi connectivity index (χ1) is 7.78. The predicted molar refractivity (Wildman–Crippen MR) is 63.5 cm³/mol. The Morgan fingerprint density at radius 2 is 1.94 bits per heavy atom. The largest absolute Gasteiger partial charge is 0.444 e. The number of hydrogen-bond donors (Lipinski definition) is 3. The zero-order valence-corrected chi connectivity index (χ0v) is 10.9. The normalized spacial score (nSPS) is 12.8. The quantitative estimate of drug-likeness (QED) is 0.655. The summed E-state index contributed by atoms with van der Waals surface area (Å²) in [7, 11) is 1.54. The first-order valence-corrected chi connectivity index (χ1v) is 5.59. The fourth-order valence-corrected chi connectivity index (χ4v) is 1.11. The van der Waals surface area contributed by atoms with Crippen LogP contribution in [-0.4, -0.2) is 42.4 Å². The lowest BCUT2D eigenvalue weighted by atomic mass is 10.1. The summed E-state index contributed by atoms with van der Waals surface area (Å²) in [5.74, 6) is -0.130. The van der Waals surface area contributed by atoms with Gasteiger partial charge in [-0.2, -0.15) is 0 Å². The van der Waals surface area contributed by atoms with E-state index in [0.717, 1.165) is 0 Å². The summed E-state index contributed by atoms with van der Waals surface area (Å²) in [5.41, 5.74) is -0.578. The molecule has 0 spiro atoms. The first-order valence-electron chi connectivity index (χ1n) is 5.59. The number of amides is 2. The van der Waals surface area contributed by atoms with Crippen molar-refractivity contribution in [2.75, 3.05) is 13.7 Å². The molecule has 0 saturated heterocycles. The molecule has 0 aliphatic heterocycles. The Bertz CT molecular complexity index is 261. The minimum Gasteiger partial charge on any atom is -0.444 e. The smallest absolute Gasteiger partial charge is 0.407 e. The van der Waals surface area contributed by atoms with E-state index < -0.39 is 17.7 Å². The van der Waals surface area contributed by atoms with E-state index in [2.05, 4.69) is 10.6 Å². The zero-order chi connectivity index (χ0) is 13.5. The maximum Gasteiger partial charge on any atom is 0.407 e. The molecular weight excluding hydrogens is 224 g/mol. The molecule has 1 unspecified atom stereocenters. The van der Waals surface area contributed by atoms with Crippen LogP contribution in [0.5, 0.6) is 0 Å². The van der Waals surface area contributed by atoms with Crippen molar-refractivity contribution in [2.24, 2.45) is 0 Å². The maximum atomic E-state index is 11.4. The number of alkyl carbamates (subject to hydrolysis) is 1. The van der Waals surface area contributed by atoms with Crippen molar-refractivity contribution in [3.8, 4) is 0 Å². The van der Waals surface area contributed by atoms with Crippen molar-refractivity contribution in [3.05, 3.63) is 0 Å². The van der Waals surface area contributed by atoms with Gasteiger partial charge in [-0.05, 0) is 27.2 Å². The topological polar surface area (TPSA) is 87.7 Å². The summed E-state index contributed by atoms with van der Waals surface area (Å²) < 4.78 is 5.04. The van der Waals surface area contributed by atoms with E-state index in [1.54, 1.807) is 20.8 Å². The number of carbonyl (C=O) groups is 2. The first kappa shape index (κ1) is 15.7. The van der Waals surface area contributed by atoms with Crippen LogP contribution < -0.4 is 10.6 Å². The molecule has 0 aliphatic rings. The molecule has 6 heteroatoms. The Morgan fingerprint density at radius 3 is 2.35 bits per heavy atom. The van der Waals surface area contributed by atoms with Crippen LogP contribution in [-0.2, 0) is 9.53 Å². The number of ether oxygens (including phenoxy) is 1. The van der Waals surface area contributed by atoms with Crippen LogP contribution in [0.4, 0.5) is 4.79 Å². The molecule has 0 aromatic carbocycles. The summed E-state index contributed by atoms with van der Waals surface area (Å²) in [6.45, 7) is 5.04. The molecule has 0 aliphatic carbocycles. The fraction of sp³-hybridized carbons (Fsp3) is 0.818. The Kier molecular flexibility index (Phi) is 6.57. The lowest BCUT2D eigenvalue weighted by Gasteiger charge is -2.22. The van der Waals surface area contributed by atoms with Crippen LogP contribution in [0.1, 0.15) is 33.6 Å². The minimum atomic E-state index is -0.589. The standard InChI is InChI=1S/C11H22N2O4/c1-11(2,3)17-10(16)13-8(7-14)5-6-9(15)12-4/h8,14H,5-7H2,1-4H3,(H,12,15)(H,13,16). The molecule has 0 saturated carbocycles. The highest BCUT2D eigenvalue weighted by Gasteiger charge is 2.19. The van der Waals surface area contributed by atoms with E-state index in [1.165, 1.54) is 7.05 Å². The second kappa shape index (κ2) is 7.11. The van der Waals surface area contributed by atoms with Gasteiger partial charge in [0.2, 0.25) is 5.91 Å². The summed E-state index contributed by atoms with van der Waals surface area (Å²) in [5, 5.41) is 14.0. The Hall–Kier alpha value is -1.30. The summed E-state index contributed by atoms with van der Waals surface area (Å²) in [4.78, 5) is 22.4. The third kappa shape index (κ3) is 8.50. The van der Waals surface area contributed by atoms with Crippen LogP contribution in [0.3, 0.4) is 0 Å². The van der Waals surface area contributed by atoms with Gasteiger partial charge in [0.15, 0.2) is 0 Å². The molecule has 0 rings (SSSR count). The van der Waals surface area contributed by atoms with Crippen LogP contribution in [0.25, 0.3) is 0 Å². The van der Waals surface area contributed by atoms with E-state index >= 15 is 0 Å². The van der Waals surface area contributed by atoms with Gasteiger partial charge in [0, 0.05) is 13.5 Å².